The van der Waals surface area contributed by atoms with Gasteiger partial charge < -0.3 is 13.7 Å². The van der Waals surface area contributed by atoms with Crippen LogP contribution in [-0.4, -0.2) is 0 Å². The van der Waals surface area contributed by atoms with E-state index in [2.05, 4.69) is 157 Å². The van der Waals surface area contributed by atoms with E-state index in [1.54, 1.807) is 0 Å². The molecule has 2 aromatic heterocycles. The van der Waals surface area contributed by atoms with E-state index in [1.165, 1.54) is 68.7 Å². The highest BCUT2D eigenvalue weighted by Crippen LogP contribution is 2.67. The normalized spacial score (nSPS) is 13.4. The highest BCUT2D eigenvalue weighted by atomic mass is 32.2. The Morgan fingerprint density at radius 3 is 1.13 bits per heavy atom. The molecule has 0 saturated carbocycles. The highest BCUT2D eigenvalue weighted by Gasteiger charge is 2.39. The van der Waals surface area contributed by atoms with Crippen LogP contribution >= 0.6 is 35.3 Å². The first-order valence-corrected chi connectivity index (χ1v) is 22.5. The summed E-state index contributed by atoms with van der Waals surface area (Å²) in [6, 6.07) is 63.8. The number of anilines is 3. The lowest BCUT2D eigenvalue weighted by Crippen LogP contribution is -2.22. The van der Waals surface area contributed by atoms with E-state index < -0.39 is 0 Å². The zero-order valence-corrected chi connectivity index (χ0v) is 34.2. The Labute approximate surface area is 357 Å². The number of benzene rings is 9. The predicted octanol–water partition coefficient (Wildman–Crippen LogP) is 17.0. The number of rotatable bonds is 4. The van der Waals surface area contributed by atoms with Gasteiger partial charge in [-0.05, 0) is 81.9 Å². The molecule has 0 N–H and O–H groups in total. The van der Waals surface area contributed by atoms with Crippen LogP contribution in [0.4, 0.5) is 17.1 Å². The van der Waals surface area contributed by atoms with E-state index in [4.69, 9.17) is 8.83 Å². The van der Waals surface area contributed by atoms with Crippen LogP contribution in [0.15, 0.2) is 214 Å². The molecule has 0 saturated heterocycles. The third-order valence-corrected chi connectivity index (χ3v) is 15.5. The van der Waals surface area contributed by atoms with Crippen LogP contribution in [0.3, 0.4) is 0 Å². The molecule has 3 aliphatic rings. The lowest BCUT2D eigenvalue weighted by Gasteiger charge is -2.43. The van der Waals surface area contributed by atoms with Crippen LogP contribution in [0.25, 0.3) is 88.4 Å². The Balaban J connectivity index is 0.853. The van der Waals surface area contributed by atoms with Crippen LogP contribution in [0, 0.1) is 0 Å². The van der Waals surface area contributed by atoms with Gasteiger partial charge in [0.2, 0.25) is 0 Å². The molecule has 6 heteroatoms. The minimum Gasteiger partial charge on any atom is -0.455 e. The summed E-state index contributed by atoms with van der Waals surface area (Å²) < 4.78 is 12.8. The minimum atomic E-state index is 0.919. The van der Waals surface area contributed by atoms with Crippen LogP contribution < -0.4 is 4.90 Å². The first-order valence-electron chi connectivity index (χ1n) is 20.1. The number of furan rings is 2. The van der Waals surface area contributed by atoms with Gasteiger partial charge >= 0.3 is 0 Å². The average Bonchev–Trinajstić information content (AvgIpc) is 3.88. The van der Waals surface area contributed by atoms with Crippen molar-refractivity contribution < 1.29 is 8.83 Å². The molecule has 0 aliphatic carbocycles. The van der Waals surface area contributed by atoms with Gasteiger partial charge in [0.25, 0.3) is 0 Å². The smallest absolute Gasteiger partial charge is 0.143 e. The molecule has 0 radical (unpaired) electrons. The maximum Gasteiger partial charge on any atom is 0.143 e. The van der Waals surface area contributed by atoms with Crippen LogP contribution in [0.2, 0.25) is 0 Å². The van der Waals surface area contributed by atoms with Crippen LogP contribution in [0.5, 0.6) is 0 Å². The average molecular weight is 820 g/mol. The standard InChI is InChI=1S/C54H29NO2S3/c1-3-14-42-38(8-1)40-12-5-10-36(53(40)56-42)32-22-18-30(19-23-32)34-26-46-51-48(28-34)60-49-29-35(27-47-52(49)55(51)50-44(58-46)16-7-17-45(50)59-47)31-20-24-33(25-21-31)37-11-6-13-41-39-9-2-4-15-43(39)57-54(37)41/h1-29H. The van der Waals surface area contributed by atoms with E-state index in [0.29, 0.717) is 0 Å². The van der Waals surface area contributed by atoms with Gasteiger partial charge in [-0.2, -0.15) is 0 Å². The fraction of sp³-hybridized carbons (Fsp3) is 0. The Hall–Kier alpha value is -6.57. The number of fused-ring (bicyclic) bond motifs is 6. The first kappa shape index (κ1) is 33.3. The molecule has 0 fully saturated rings. The fourth-order valence-corrected chi connectivity index (χ4v) is 13.2. The molecule has 3 aliphatic heterocycles. The summed E-state index contributed by atoms with van der Waals surface area (Å²) in [7, 11) is 0. The molecule has 0 unspecified atom stereocenters. The largest absolute Gasteiger partial charge is 0.455 e. The number of hydrogen-bond acceptors (Lipinski definition) is 6. The Morgan fingerprint density at radius 2 is 0.667 bits per heavy atom. The van der Waals surface area contributed by atoms with E-state index in [9.17, 15) is 0 Å². The van der Waals surface area contributed by atoms with Crippen molar-refractivity contribution in [1.82, 2.24) is 0 Å². The maximum absolute atomic E-state index is 6.40. The van der Waals surface area contributed by atoms with E-state index in [1.807, 2.05) is 59.6 Å². The monoisotopic (exact) mass is 819 g/mol. The van der Waals surface area contributed by atoms with Gasteiger partial charge in [0.05, 0.1) is 17.1 Å². The van der Waals surface area contributed by atoms with Crippen molar-refractivity contribution in [1.29, 1.82) is 0 Å². The lowest BCUT2D eigenvalue weighted by molar-refractivity contribution is 0.669. The van der Waals surface area contributed by atoms with Crippen LogP contribution in [-0.2, 0) is 0 Å². The van der Waals surface area contributed by atoms with Gasteiger partial charge in [0, 0.05) is 62.0 Å². The van der Waals surface area contributed by atoms with Gasteiger partial charge in [0.1, 0.15) is 22.3 Å². The van der Waals surface area contributed by atoms with Gasteiger partial charge in [-0.15, -0.1) is 0 Å². The summed E-state index contributed by atoms with van der Waals surface area (Å²) in [5.74, 6) is 0. The van der Waals surface area contributed by atoms with Gasteiger partial charge in [-0.1, -0.05) is 163 Å². The van der Waals surface area contributed by atoms with E-state index >= 15 is 0 Å². The van der Waals surface area contributed by atoms with Crippen molar-refractivity contribution in [2.45, 2.75) is 29.4 Å². The molecule has 5 heterocycles. The molecular formula is C54H29NO2S3. The second-order valence-corrected chi connectivity index (χ2v) is 18.9. The quantitative estimate of drug-likeness (QED) is 0.176. The summed E-state index contributed by atoms with van der Waals surface area (Å²) in [5.41, 5.74) is 17.0. The maximum atomic E-state index is 6.40. The zero-order valence-electron chi connectivity index (χ0n) is 31.7. The van der Waals surface area contributed by atoms with Gasteiger partial charge in [-0.3, -0.25) is 0 Å². The molecule has 0 atom stereocenters. The molecular weight excluding hydrogens is 791 g/mol. The second kappa shape index (κ2) is 12.5. The number of nitrogens with zero attached hydrogens (tertiary/aromatic N) is 1. The molecule has 9 aromatic carbocycles. The van der Waals surface area contributed by atoms with Crippen molar-refractivity contribution in [3.63, 3.8) is 0 Å². The molecule has 280 valence electrons. The minimum absolute atomic E-state index is 0.919. The SMILES string of the molecule is c1cc2c3c(c1)Sc1cc(-c4ccc(-c5cccc6c5oc5ccccc56)cc4)cc4c1N3c1c(cc(-c3ccc(-c5cccc6c5oc5ccccc56)cc3)cc1S4)S2. The fourth-order valence-electron chi connectivity index (χ4n) is 9.46. The molecule has 0 bridgehead atoms. The first-order chi connectivity index (χ1) is 29.7. The number of hydrogen-bond donors (Lipinski definition) is 0. The van der Waals surface area contributed by atoms with Crippen molar-refractivity contribution in [3.8, 4) is 44.5 Å². The van der Waals surface area contributed by atoms with Crippen molar-refractivity contribution >= 4 is 96.2 Å². The summed E-state index contributed by atoms with van der Waals surface area (Å²) >= 11 is 5.69. The van der Waals surface area contributed by atoms with Crippen molar-refractivity contribution in [2.75, 3.05) is 4.90 Å². The Bertz CT molecular complexity index is 3400. The molecule has 60 heavy (non-hydrogen) atoms. The zero-order chi connectivity index (χ0) is 39.1. The van der Waals surface area contributed by atoms with Crippen LogP contribution in [0.1, 0.15) is 0 Å². The van der Waals surface area contributed by atoms with Gasteiger partial charge in [-0.25, -0.2) is 0 Å². The second-order valence-electron chi connectivity index (χ2n) is 15.6. The molecule has 0 spiro atoms. The van der Waals surface area contributed by atoms with E-state index in [0.717, 1.165) is 66.1 Å². The summed E-state index contributed by atoms with van der Waals surface area (Å²) in [6.07, 6.45) is 0. The van der Waals surface area contributed by atoms with Crippen molar-refractivity contribution in [2.24, 2.45) is 0 Å². The Morgan fingerprint density at radius 1 is 0.300 bits per heavy atom. The molecule has 11 aromatic rings. The molecule has 0 amide bonds. The Kier molecular flexibility index (Phi) is 6.92. The summed E-state index contributed by atoms with van der Waals surface area (Å²) in [6.45, 7) is 0. The van der Waals surface area contributed by atoms with Gasteiger partial charge in [0.15, 0.2) is 0 Å². The highest BCUT2D eigenvalue weighted by molar-refractivity contribution is 8.01. The molecule has 14 rings (SSSR count). The predicted molar refractivity (Wildman–Crippen MR) is 250 cm³/mol. The lowest BCUT2D eigenvalue weighted by atomic mass is 9.98. The third-order valence-electron chi connectivity index (χ3n) is 12.2. The number of para-hydroxylation sites is 5. The summed E-state index contributed by atoms with van der Waals surface area (Å²) in [4.78, 5) is 10.3. The molecule has 3 nitrogen and oxygen atoms in total. The topological polar surface area (TPSA) is 29.5 Å². The summed E-state index contributed by atoms with van der Waals surface area (Å²) in [5, 5.41) is 4.60. The van der Waals surface area contributed by atoms with Crippen molar-refractivity contribution in [3.05, 3.63) is 176 Å². The third kappa shape index (κ3) is 4.78. The van der Waals surface area contributed by atoms with E-state index in [-0.39, 0.29) is 0 Å².